The lowest BCUT2D eigenvalue weighted by molar-refractivity contribution is 0.0526. The van der Waals surface area contributed by atoms with Crippen LogP contribution >= 0.6 is 0 Å². The van der Waals surface area contributed by atoms with Crippen LogP contribution in [0.5, 0.6) is 0 Å². The summed E-state index contributed by atoms with van der Waals surface area (Å²) in [4.78, 5) is 22.9. The highest BCUT2D eigenvalue weighted by molar-refractivity contribution is 5.94. The maximum atomic E-state index is 11.7. The Morgan fingerprint density at radius 3 is 2.33 bits per heavy atom. The third kappa shape index (κ3) is 3.92. The largest absolute Gasteiger partial charge is 0.462 e. The van der Waals surface area contributed by atoms with Gasteiger partial charge in [0, 0.05) is 16.9 Å². The minimum absolute atomic E-state index is 0.0332. The number of Topliss-reactive ketones (excluding diaryl/α,β-unsaturated/α-hetero) is 1. The molecule has 0 unspecified atom stereocenters. The predicted octanol–water partition coefficient (Wildman–Crippen LogP) is 3.81. The molecule has 0 atom stereocenters. The third-order valence-electron chi connectivity index (χ3n) is 2.95. The molecule has 2 rings (SSSR count). The van der Waals surface area contributed by atoms with Gasteiger partial charge in [-0.2, -0.15) is 0 Å². The van der Waals surface area contributed by atoms with Crippen LogP contribution in [0.25, 0.3) is 0 Å². The predicted molar refractivity (Wildman–Crippen MR) is 82.1 cm³/mol. The van der Waals surface area contributed by atoms with Gasteiger partial charge in [0.25, 0.3) is 0 Å². The van der Waals surface area contributed by atoms with E-state index in [9.17, 15) is 9.59 Å². The quantitative estimate of drug-likeness (QED) is 0.669. The molecule has 21 heavy (non-hydrogen) atoms. The van der Waals surface area contributed by atoms with Gasteiger partial charge in [-0.15, -0.1) is 0 Å². The van der Waals surface area contributed by atoms with Crippen molar-refractivity contribution in [1.82, 2.24) is 0 Å². The van der Waals surface area contributed by atoms with Gasteiger partial charge < -0.3 is 10.1 Å². The normalized spacial score (nSPS) is 10.0. The fourth-order valence-electron chi connectivity index (χ4n) is 1.89. The number of nitrogens with one attached hydrogen (secondary N) is 1. The Balaban J connectivity index is 2.14. The van der Waals surface area contributed by atoms with Crippen molar-refractivity contribution in [2.24, 2.45) is 0 Å². The van der Waals surface area contributed by atoms with Crippen LogP contribution in [0.15, 0.2) is 48.5 Å². The lowest BCUT2D eigenvalue weighted by Crippen LogP contribution is -2.04. The molecule has 0 fully saturated rings. The maximum Gasteiger partial charge on any atom is 0.338 e. The van der Waals surface area contributed by atoms with Crippen molar-refractivity contribution in [3.63, 3.8) is 0 Å². The van der Waals surface area contributed by atoms with Crippen molar-refractivity contribution in [3.8, 4) is 0 Å². The van der Waals surface area contributed by atoms with Crippen molar-refractivity contribution in [2.75, 3.05) is 11.9 Å². The number of anilines is 2. The van der Waals surface area contributed by atoms with Crippen LogP contribution in [0.2, 0.25) is 0 Å². The minimum atomic E-state index is -0.340. The highest BCUT2D eigenvalue weighted by atomic mass is 16.5. The van der Waals surface area contributed by atoms with Gasteiger partial charge in [-0.1, -0.05) is 6.07 Å². The number of hydrogen-bond acceptors (Lipinski definition) is 4. The average Bonchev–Trinajstić information content (AvgIpc) is 2.48. The first-order chi connectivity index (χ1) is 10.1. The van der Waals surface area contributed by atoms with Crippen LogP contribution in [0.3, 0.4) is 0 Å². The van der Waals surface area contributed by atoms with Gasteiger partial charge in [0.15, 0.2) is 5.78 Å². The van der Waals surface area contributed by atoms with Crippen molar-refractivity contribution in [1.29, 1.82) is 0 Å². The molecule has 2 aromatic rings. The molecular formula is C17H17NO3. The zero-order valence-corrected chi connectivity index (χ0v) is 12.1. The lowest BCUT2D eigenvalue weighted by Gasteiger charge is -2.08. The summed E-state index contributed by atoms with van der Waals surface area (Å²) in [6.45, 7) is 3.66. The van der Waals surface area contributed by atoms with Crippen molar-refractivity contribution in [3.05, 3.63) is 59.7 Å². The summed E-state index contributed by atoms with van der Waals surface area (Å²) in [5, 5.41) is 3.19. The average molecular weight is 283 g/mol. The van der Waals surface area contributed by atoms with Crippen LogP contribution in [0.1, 0.15) is 34.6 Å². The van der Waals surface area contributed by atoms with E-state index in [0.29, 0.717) is 17.7 Å². The molecule has 0 saturated heterocycles. The van der Waals surface area contributed by atoms with E-state index < -0.39 is 0 Å². The number of rotatable bonds is 5. The molecule has 108 valence electrons. The Kier molecular flexibility index (Phi) is 4.72. The first-order valence-corrected chi connectivity index (χ1v) is 6.75. The molecule has 1 N–H and O–H groups in total. The van der Waals surface area contributed by atoms with Crippen molar-refractivity contribution >= 4 is 23.1 Å². The molecule has 4 nitrogen and oxygen atoms in total. The second-order valence-electron chi connectivity index (χ2n) is 4.56. The standard InChI is InChI=1S/C17H17NO3/c1-3-21-17(20)14-5-4-6-16(11-14)18-15-9-7-13(8-10-15)12(2)19/h4-11,18H,3H2,1-2H3. The van der Waals surface area contributed by atoms with Gasteiger partial charge in [0.1, 0.15) is 0 Å². The number of carbonyl (C=O) groups excluding carboxylic acids is 2. The summed E-state index contributed by atoms with van der Waals surface area (Å²) in [6, 6.07) is 14.3. The molecule has 0 spiro atoms. The summed E-state index contributed by atoms with van der Waals surface area (Å²) >= 11 is 0. The number of esters is 1. The molecule has 0 aliphatic rings. The van der Waals surface area contributed by atoms with Crippen LogP contribution in [-0.2, 0) is 4.74 Å². The van der Waals surface area contributed by atoms with E-state index in [1.54, 1.807) is 37.3 Å². The van der Waals surface area contributed by atoms with E-state index in [2.05, 4.69) is 5.32 Å². The van der Waals surface area contributed by atoms with Crippen LogP contribution in [0, 0.1) is 0 Å². The fraction of sp³-hybridized carbons (Fsp3) is 0.176. The zero-order chi connectivity index (χ0) is 15.2. The molecule has 0 bridgehead atoms. The second-order valence-corrected chi connectivity index (χ2v) is 4.56. The Hall–Kier alpha value is -2.62. The van der Waals surface area contributed by atoms with Gasteiger partial charge in [0.2, 0.25) is 0 Å². The van der Waals surface area contributed by atoms with E-state index in [1.807, 2.05) is 18.2 Å². The first kappa shape index (κ1) is 14.8. The molecule has 0 amide bonds. The molecule has 2 aromatic carbocycles. The van der Waals surface area contributed by atoms with E-state index >= 15 is 0 Å². The maximum absolute atomic E-state index is 11.7. The van der Waals surface area contributed by atoms with E-state index in [-0.39, 0.29) is 11.8 Å². The van der Waals surface area contributed by atoms with Gasteiger partial charge in [-0.05, 0) is 56.3 Å². The van der Waals surface area contributed by atoms with Crippen molar-refractivity contribution < 1.29 is 14.3 Å². The highest BCUT2D eigenvalue weighted by Gasteiger charge is 2.07. The second kappa shape index (κ2) is 6.70. The van der Waals surface area contributed by atoms with E-state index in [0.717, 1.165) is 11.4 Å². The molecule has 0 aromatic heterocycles. The minimum Gasteiger partial charge on any atom is -0.462 e. The molecule has 0 aliphatic carbocycles. The lowest BCUT2D eigenvalue weighted by atomic mass is 10.1. The molecule has 0 radical (unpaired) electrons. The van der Waals surface area contributed by atoms with E-state index in [1.165, 1.54) is 6.92 Å². The number of benzene rings is 2. The molecule has 0 aliphatic heterocycles. The van der Waals surface area contributed by atoms with Gasteiger partial charge in [-0.25, -0.2) is 4.79 Å². The summed E-state index contributed by atoms with van der Waals surface area (Å²) in [7, 11) is 0. The number of carbonyl (C=O) groups is 2. The molecular weight excluding hydrogens is 266 g/mol. The van der Waals surface area contributed by atoms with Crippen molar-refractivity contribution in [2.45, 2.75) is 13.8 Å². The summed E-state index contributed by atoms with van der Waals surface area (Å²) in [6.07, 6.45) is 0. The van der Waals surface area contributed by atoms with E-state index in [4.69, 9.17) is 4.74 Å². The highest BCUT2D eigenvalue weighted by Crippen LogP contribution is 2.19. The van der Waals surface area contributed by atoms with Gasteiger partial charge >= 0.3 is 5.97 Å². The summed E-state index contributed by atoms with van der Waals surface area (Å²) in [5.41, 5.74) is 2.81. The number of hydrogen-bond donors (Lipinski definition) is 1. The van der Waals surface area contributed by atoms with Crippen LogP contribution in [0.4, 0.5) is 11.4 Å². The smallest absolute Gasteiger partial charge is 0.338 e. The SMILES string of the molecule is CCOC(=O)c1cccc(Nc2ccc(C(C)=O)cc2)c1. The molecule has 0 saturated carbocycles. The first-order valence-electron chi connectivity index (χ1n) is 6.75. The Morgan fingerprint density at radius 1 is 1.00 bits per heavy atom. The Labute approximate surface area is 123 Å². The number of ketones is 1. The summed E-state index contributed by atoms with van der Waals surface area (Å²) in [5.74, 6) is -0.307. The Bertz CT molecular complexity index is 647. The van der Waals surface area contributed by atoms with Gasteiger partial charge in [-0.3, -0.25) is 4.79 Å². The molecule has 4 heteroatoms. The topological polar surface area (TPSA) is 55.4 Å². The van der Waals surface area contributed by atoms with Crippen LogP contribution in [-0.4, -0.2) is 18.4 Å². The third-order valence-corrected chi connectivity index (χ3v) is 2.95. The zero-order valence-electron chi connectivity index (χ0n) is 12.1. The summed E-state index contributed by atoms with van der Waals surface area (Å²) < 4.78 is 4.97. The Morgan fingerprint density at radius 2 is 1.71 bits per heavy atom. The van der Waals surface area contributed by atoms with Crippen LogP contribution < -0.4 is 5.32 Å². The fourth-order valence-corrected chi connectivity index (χ4v) is 1.89. The number of ether oxygens (including phenoxy) is 1. The molecule has 0 heterocycles. The monoisotopic (exact) mass is 283 g/mol. The van der Waals surface area contributed by atoms with Gasteiger partial charge in [0.05, 0.1) is 12.2 Å².